The summed E-state index contributed by atoms with van der Waals surface area (Å²) in [7, 11) is 0. The van der Waals surface area contributed by atoms with E-state index < -0.39 is 0 Å². The van der Waals surface area contributed by atoms with E-state index in [0.717, 1.165) is 42.7 Å². The lowest BCUT2D eigenvalue weighted by Gasteiger charge is -2.37. The molecule has 0 aromatic carbocycles. The van der Waals surface area contributed by atoms with Crippen molar-refractivity contribution in [3.63, 3.8) is 0 Å². The van der Waals surface area contributed by atoms with Crippen LogP contribution in [0.4, 0.5) is 5.82 Å². The largest absolute Gasteiger partial charge is 0.393 e. The molecule has 1 N–H and O–H groups in total. The number of hydrogen-bond acceptors (Lipinski definition) is 5. The van der Waals surface area contributed by atoms with E-state index in [-0.39, 0.29) is 6.10 Å². The number of imidazole rings is 1. The van der Waals surface area contributed by atoms with Crippen molar-refractivity contribution in [2.24, 2.45) is 0 Å². The van der Waals surface area contributed by atoms with Gasteiger partial charge in [-0.1, -0.05) is 0 Å². The lowest BCUT2D eigenvalue weighted by molar-refractivity contribution is 0.111. The Bertz CT molecular complexity index is 621. The van der Waals surface area contributed by atoms with Gasteiger partial charge >= 0.3 is 0 Å². The van der Waals surface area contributed by atoms with Crippen LogP contribution in [0.1, 0.15) is 36.2 Å². The molecule has 0 saturated carbocycles. The minimum absolute atomic E-state index is 0.197. The Morgan fingerprint density at radius 1 is 1.37 bits per heavy atom. The molecule has 2 aromatic heterocycles. The van der Waals surface area contributed by atoms with Crippen molar-refractivity contribution < 1.29 is 9.90 Å². The second-order valence-electron chi connectivity index (χ2n) is 5.41. The van der Waals surface area contributed by atoms with Crippen LogP contribution >= 0.6 is 11.3 Å². The fraction of sp³-hybridized carbons (Fsp3) is 0.538. The molecule has 2 atom stereocenters. The zero-order valence-corrected chi connectivity index (χ0v) is 11.2. The van der Waals surface area contributed by atoms with Crippen molar-refractivity contribution in [3.8, 4) is 0 Å². The summed E-state index contributed by atoms with van der Waals surface area (Å²) in [6.07, 6.45) is 6.35. The lowest BCUT2D eigenvalue weighted by Crippen LogP contribution is -2.45. The zero-order chi connectivity index (χ0) is 13.0. The molecular formula is C13H15N3O2S. The van der Waals surface area contributed by atoms with Crippen LogP contribution in [0.3, 0.4) is 0 Å². The minimum Gasteiger partial charge on any atom is -0.393 e. The van der Waals surface area contributed by atoms with Crippen LogP contribution in [0.15, 0.2) is 11.6 Å². The highest BCUT2D eigenvalue weighted by molar-refractivity contribution is 7.15. The molecule has 2 unspecified atom stereocenters. The summed E-state index contributed by atoms with van der Waals surface area (Å²) >= 11 is 1.54. The van der Waals surface area contributed by atoms with Crippen LogP contribution in [-0.2, 0) is 0 Å². The first-order chi connectivity index (χ1) is 9.28. The highest BCUT2D eigenvalue weighted by Gasteiger charge is 2.42. The predicted octanol–water partition coefficient (Wildman–Crippen LogP) is 1.70. The maximum absolute atomic E-state index is 11.4. The quantitative estimate of drug-likeness (QED) is 0.849. The summed E-state index contributed by atoms with van der Waals surface area (Å²) in [5, 5.41) is 11.8. The normalized spacial score (nSPS) is 30.2. The van der Waals surface area contributed by atoms with E-state index in [0.29, 0.717) is 17.8 Å². The minimum atomic E-state index is -0.197. The van der Waals surface area contributed by atoms with Gasteiger partial charge in [-0.2, -0.15) is 0 Å². The SMILES string of the molecule is O=Cc1c(N2C3CCC2CC(O)C3)nc2sccn12. The molecule has 4 rings (SSSR count). The van der Waals surface area contributed by atoms with E-state index in [9.17, 15) is 9.90 Å². The Morgan fingerprint density at radius 3 is 2.79 bits per heavy atom. The number of piperidine rings is 1. The van der Waals surface area contributed by atoms with E-state index >= 15 is 0 Å². The maximum Gasteiger partial charge on any atom is 0.196 e. The molecule has 19 heavy (non-hydrogen) atoms. The number of aldehydes is 1. The molecular weight excluding hydrogens is 262 g/mol. The number of aliphatic hydroxyl groups is 1. The topological polar surface area (TPSA) is 57.8 Å². The summed E-state index contributed by atoms with van der Waals surface area (Å²) < 4.78 is 1.86. The van der Waals surface area contributed by atoms with Gasteiger partial charge < -0.3 is 10.0 Å². The molecule has 0 amide bonds. The summed E-state index contributed by atoms with van der Waals surface area (Å²) in [5.74, 6) is 0.807. The van der Waals surface area contributed by atoms with Gasteiger partial charge in [0.15, 0.2) is 17.1 Å². The van der Waals surface area contributed by atoms with Gasteiger partial charge in [-0.05, 0) is 25.7 Å². The molecule has 0 spiro atoms. The molecule has 2 bridgehead atoms. The summed E-state index contributed by atoms with van der Waals surface area (Å²) in [6, 6.07) is 0.661. The first kappa shape index (κ1) is 11.4. The summed E-state index contributed by atoms with van der Waals surface area (Å²) in [6.45, 7) is 0. The van der Waals surface area contributed by atoms with Crippen molar-refractivity contribution in [2.45, 2.75) is 43.9 Å². The van der Waals surface area contributed by atoms with Crippen molar-refractivity contribution in [2.75, 3.05) is 4.90 Å². The van der Waals surface area contributed by atoms with Gasteiger partial charge in [0.1, 0.15) is 5.69 Å². The standard InChI is InChI=1S/C13H15N3O2S/c17-7-11-12(14-13-15(11)3-4-19-13)16-8-1-2-9(16)6-10(18)5-8/h3-4,7-10,18H,1-2,5-6H2. The van der Waals surface area contributed by atoms with Gasteiger partial charge in [0.2, 0.25) is 0 Å². The van der Waals surface area contributed by atoms with E-state index in [1.807, 2.05) is 16.0 Å². The fourth-order valence-corrected chi connectivity index (χ4v) is 4.30. The third-order valence-corrected chi connectivity index (χ3v) is 5.10. The number of anilines is 1. The maximum atomic E-state index is 11.4. The number of carbonyl (C=O) groups excluding carboxylic acids is 1. The number of rotatable bonds is 2. The van der Waals surface area contributed by atoms with Crippen LogP contribution in [-0.4, -0.2) is 39.0 Å². The van der Waals surface area contributed by atoms with E-state index in [4.69, 9.17) is 0 Å². The fourth-order valence-electron chi connectivity index (χ4n) is 3.59. The highest BCUT2D eigenvalue weighted by atomic mass is 32.1. The Kier molecular flexibility index (Phi) is 2.43. The average Bonchev–Trinajstić information content (AvgIpc) is 3.00. The number of hydrogen-bond donors (Lipinski definition) is 1. The Balaban J connectivity index is 1.82. The van der Waals surface area contributed by atoms with Crippen molar-refractivity contribution >= 4 is 28.4 Å². The molecule has 2 aliphatic heterocycles. The zero-order valence-electron chi connectivity index (χ0n) is 10.4. The first-order valence-electron chi connectivity index (χ1n) is 6.65. The Hall–Kier alpha value is -1.40. The Morgan fingerprint density at radius 2 is 2.11 bits per heavy atom. The third-order valence-electron chi connectivity index (χ3n) is 4.34. The molecule has 4 heterocycles. The average molecular weight is 277 g/mol. The van der Waals surface area contributed by atoms with Gasteiger partial charge in [0, 0.05) is 23.7 Å². The van der Waals surface area contributed by atoms with Gasteiger partial charge in [-0.25, -0.2) is 4.98 Å². The number of aliphatic hydroxyl groups excluding tert-OH is 1. The smallest absolute Gasteiger partial charge is 0.196 e. The number of aromatic nitrogens is 2. The molecule has 0 radical (unpaired) electrons. The molecule has 100 valence electrons. The lowest BCUT2D eigenvalue weighted by atomic mass is 10.00. The number of carbonyl (C=O) groups is 1. The van der Waals surface area contributed by atoms with E-state index in [1.54, 1.807) is 11.3 Å². The van der Waals surface area contributed by atoms with Crippen LogP contribution < -0.4 is 4.90 Å². The molecule has 0 aliphatic carbocycles. The van der Waals surface area contributed by atoms with Crippen molar-refractivity contribution in [1.82, 2.24) is 9.38 Å². The van der Waals surface area contributed by atoms with Crippen LogP contribution in [0.5, 0.6) is 0 Å². The van der Waals surface area contributed by atoms with Gasteiger partial charge in [-0.3, -0.25) is 9.20 Å². The third kappa shape index (κ3) is 1.56. The van der Waals surface area contributed by atoms with Gasteiger partial charge in [0.05, 0.1) is 6.10 Å². The van der Waals surface area contributed by atoms with Crippen LogP contribution in [0.25, 0.3) is 4.96 Å². The summed E-state index contributed by atoms with van der Waals surface area (Å²) in [5.41, 5.74) is 0.643. The van der Waals surface area contributed by atoms with Crippen LogP contribution in [0.2, 0.25) is 0 Å². The number of nitrogens with zero attached hydrogens (tertiary/aromatic N) is 3. The second kappa shape index (κ2) is 4.05. The number of thiazole rings is 1. The second-order valence-corrected chi connectivity index (χ2v) is 6.28. The van der Waals surface area contributed by atoms with Crippen molar-refractivity contribution in [3.05, 3.63) is 17.3 Å². The molecule has 2 aromatic rings. The molecule has 2 aliphatic rings. The first-order valence-corrected chi connectivity index (χ1v) is 7.53. The van der Waals surface area contributed by atoms with Gasteiger partial charge in [-0.15, -0.1) is 11.3 Å². The highest BCUT2D eigenvalue weighted by Crippen LogP contribution is 2.40. The summed E-state index contributed by atoms with van der Waals surface area (Å²) in [4.78, 5) is 19.2. The predicted molar refractivity (Wildman–Crippen MR) is 73.0 cm³/mol. The molecule has 2 saturated heterocycles. The molecule has 6 heteroatoms. The van der Waals surface area contributed by atoms with Crippen LogP contribution in [0, 0.1) is 0 Å². The van der Waals surface area contributed by atoms with E-state index in [2.05, 4.69) is 9.88 Å². The Labute approximate surface area is 114 Å². The van der Waals surface area contributed by atoms with Gasteiger partial charge in [0.25, 0.3) is 0 Å². The number of fused-ring (bicyclic) bond motifs is 3. The molecule has 5 nitrogen and oxygen atoms in total. The van der Waals surface area contributed by atoms with Crippen molar-refractivity contribution in [1.29, 1.82) is 0 Å². The molecule has 2 fully saturated rings. The monoisotopic (exact) mass is 277 g/mol. The van der Waals surface area contributed by atoms with E-state index in [1.165, 1.54) is 0 Å².